The van der Waals surface area contributed by atoms with Gasteiger partial charge in [0.15, 0.2) is 0 Å². The Hall–Kier alpha value is -1.74. The van der Waals surface area contributed by atoms with Crippen LogP contribution in [0.3, 0.4) is 0 Å². The predicted molar refractivity (Wildman–Crippen MR) is 86.9 cm³/mol. The lowest BCUT2D eigenvalue weighted by Gasteiger charge is -2.10. The van der Waals surface area contributed by atoms with Crippen LogP contribution in [0.4, 0.5) is 5.69 Å². The lowest BCUT2D eigenvalue weighted by atomic mass is 10.1. The Labute approximate surface area is 133 Å². The lowest BCUT2D eigenvalue weighted by molar-refractivity contribution is -0.133. The van der Waals surface area contributed by atoms with Crippen molar-refractivity contribution in [1.82, 2.24) is 5.32 Å². The number of aliphatic carboxylic acids is 1. The Morgan fingerprint density at radius 1 is 1.32 bits per heavy atom. The topological polar surface area (TPSA) is 113 Å². The minimum absolute atomic E-state index is 0.0111. The number of nitrogens with one attached hydrogen (secondary N) is 2. The van der Waals surface area contributed by atoms with Crippen LogP contribution in [0.1, 0.15) is 15.9 Å². The average molecular weight is 346 g/mol. The van der Waals surface area contributed by atoms with E-state index in [1.54, 1.807) is 19.1 Å². The van der Waals surface area contributed by atoms with Gasteiger partial charge in [0.1, 0.15) is 0 Å². The summed E-state index contributed by atoms with van der Waals surface area (Å²) in [6, 6.07) is 4.72. The highest BCUT2D eigenvalue weighted by Gasteiger charge is 2.10. The Balaban J connectivity index is 2.62. The van der Waals surface area contributed by atoms with Gasteiger partial charge in [-0.05, 0) is 24.6 Å². The smallest absolute Gasteiger partial charge is 0.313 e. The first kappa shape index (κ1) is 18.3. The molecular weight excluding hydrogens is 328 g/mol. The molecule has 0 aliphatic rings. The van der Waals surface area contributed by atoms with Crippen LogP contribution in [-0.2, 0) is 14.8 Å². The first-order valence-corrected chi connectivity index (χ1v) is 9.40. The predicted octanol–water partition coefficient (Wildman–Crippen LogP) is 0.914. The number of thioether (sulfide) groups is 1. The fraction of sp³-hybridized carbons (Fsp3) is 0.385. The standard InChI is InChI=1S/C13H18N2O5S2/c1-9-3-4-10(7-11(9)15-22(2,19)20)13(18)14-5-6-21-8-12(16)17/h3-4,7,15H,5-6,8H2,1-2H3,(H,14,18)(H,16,17). The lowest BCUT2D eigenvalue weighted by Crippen LogP contribution is -2.26. The molecular formula is C13H18N2O5S2. The van der Waals surface area contributed by atoms with E-state index in [1.165, 1.54) is 17.8 Å². The Bertz CT molecular complexity index is 658. The summed E-state index contributed by atoms with van der Waals surface area (Å²) in [4.78, 5) is 22.3. The van der Waals surface area contributed by atoms with Crippen molar-refractivity contribution in [2.75, 3.05) is 29.0 Å². The number of hydrogen-bond acceptors (Lipinski definition) is 5. The van der Waals surface area contributed by atoms with Crippen LogP contribution in [0.15, 0.2) is 18.2 Å². The molecule has 1 aromatic rings. The minimum Gasteiger partial charge on any atom is -0.481 e. The van der Waals surface area contributed by atoms with Gasteiger partial charge in [-0.25, -0.2) is 8.42 Å². The molecule has 1 rings (SSSR count). The zero-order valence-electron chi connectivity index (χ0n) is 12.3. The fourth-order valence-electron chi connectivity index (χ4n) is 1.57. The molecule has 7 nitrogen and oxygen atoms in total. The minimum atomic E-state index is -3.42. The molecule has 0 aromatic heterocycles. The van der Waals surface area contributed by atoms with E-state index in [0.29, 0.717) is 29.1 Å². The molecule has 0 aliphatic heterocycles. The number of amides is 1. The largest absolute Gasteiger partial charge is 0.481 e. The second-order valence-electron chi connectivity index (χ2n) is 4.61. The van der Waals surface area contributed by atoms with Crippen molar-refractivity contribution in [3.8, 4) is 0 Å². The van der Waals surface area contributed by atoms with Crippen LogP contribution in [0.25, 0.3) is 0 Å². The van der Waals surface area contributed by atoms with Gasteiger partial charge in [0.25, 0.3) is 5.91 Å². The van der Waals surface area contributed by atoms with Gasteiger partial charge >= 0.3 is 5.97 Å². The molecule has 0 heterocycles. The van der Waals surface area contributed by atoms with E-state index in [0.717, 1.165) is 6.26 Å². The summed E-state index contributed by atoms with van der Waals surface area (Å²) in [5.74, 6) is -0.764. The highest BCUT2D eigenvalue weighted by molar-refractivity contribution is 7.99. The maximum absolute atomic E-state index is 12.0. The van der Waals surface area contributed by atoms with E-state index in [2.05, 4.69) is 10.0 Å². The number of rotatable bonds is 8. The number of carboxylic acids is 1. The van der Waals surface area contributed by atoms with Crippen molar-refractivity contribution in [2.45, 2.75) is 6.92 Å². The number of sulfonamides is 1. The summed E-state index contributed by atoms with van der Waals surface area (Å²) in [7, 11) is -3.42. The molecule has 0 spiro atoms. The molecule has 9 heteroatoms. The van der Waals surface area contributed by atoms with Gasteiger partial charge in [-0.1, -0.05) is 6.07 Å². The summed E-state index contributed by atoms with van der Waals surface area (Å²) >= 11 is 1.21. The molecule has 0 saturated heterocycles. The van der Waals surface area contributed by atoms with Gasteiger partial charge in [0.2, 0.25) is 10.0 Å². The average Bonchev–Trinajstić information content (AvgIpc) is 2.38. The first-order chi connectivity index (χ1) is 10.2. The molecule has 1 aromatic carbocycles. The number of carbonyl (C=O) groups excluding carboxylic acids is 1. The highest BCUT2D eigenvalue weighted by Crippen LogP contribution is 2.18. The molecule has 0 unspecified atom stereocenters. The Morgan fingerprint density at radius 3 is 2.59 bits per heavy atom. The molecule has 122 valence electrons. The first-order valence-electron chi connectivity index (χ1n) is 6.35. The zero-order valence-corrected chi connectivity index (χ0v) is 13.9. The number of benzene rings is 1. The molecule has 1 amide bonds. The molecule has 0 atom stereocenters. The third-order valence-corrected chi connectivity index (χ3v) is 4.09. The summed E-state index contributed by atoms with van der Waals surface area (Å²) in [6.45, 7) is 2.07. The maximum Gasteiger partial charge on any atom is 0.313 e. The normalized spacial score (nSPS) is 11.0. The van der Waals surface area contributed by atoms with Crippen LogP contribution in [0.2, 0.25) is 0 Å². The molecule has 0 bridgehead atoms. The summed E-state index contributed by atoms with van der Waals surface area (Å²) in [6.07, 6.45) is 1.04. The monoisotopic (exact) mass is 346 g/mol. The Morgan fingerprint density at radius 2 is 2.00 bits per heavy atom. The van der Waals surface area contributed by atoms with Crippen LogP contribution in [0.5, 0.6) is 0 Å². The van der Waals surface area contributed by atoms with Crippen LogP contribution in [0, 0.1) is 6.92 Å². The van der Waals surface area contributed by atoms with Gasteiger partial charge in [-0.3, -0.25) is 14.3 Å². The van der Waals surface area contributed by atoms with Gasteiger partial charge in [-0.15, -0.1) is 11.8 Å². The van der Waals surface area contributed by atoms with Crippen LogP contribution < -0.4 is 10.0 Å². The quantitative estimate of drug-likeness (QED) is 0.603. The van der Waals surface area contributed by atoms with Gasteiger partial charge < -0.3 is 10.4 Å². The maximum atomic E-state index is 12.0. The Kier molecular flexibility index (Phi) is 6.69. The number of hydrogen-bond donors (Lipinski definition) is 3. The van der Waals surface area contributed by atoms with Crippen molar-refractivity contribution in [1.29, 1.82) is 0 Å². The molecule has 22 heavy (non-hydrogen) atoms. The van der Waals surface area contributed by atoms with Crippen molar-refractivity contribution in [3.63, 3.8) is 0 Å². The van der Waals surface area contributed by atoms with Crippen molar-refractivity contribution < 1.29 is 23.1 Å². The highest BCUT2D eigenvalue weighted by atomic mass is 32.2. The SMILES string of the molecule is Cc1ccc(C(=O)NCCSCC(=O)O)cc1NS(C)(=O)=O. The van der Waals surface area contributed by atoms with E-state index in [4.69, 9.17) is 5.11 Å². The summed E-state index contributed by atoms with van der Waals surface area (Å²) in [5.41, 5.74) is 1.40. The third-order valence-electron chi connectivity index (χ3n) is 2.55. The van der Waals surface area contributed by atoms with Crippen molar-refractivity contribution in [3.05, 3.63) is 29.3 Å². The number of carboxylic acid groups (broad SMARTS) is 1. The molecule has 0 radical (unpaired) electrons. The fourth-order valence-corrected chi connectivity index (χ4v) is 2.76. The van der Waals surface area contributed by atoms with Crippen molar-refractivity contribution in [2.24, 2.45) is 0 Å². The van der Waals surface area contributed by atoms with E-state index in [-0.39, 0.29) is 11.7 Å². The van der Waals surface area contributed by atoms with Gasteiger partial charge in [-0.2, -0.15) is 0 Å². The molecule has 3 N–H and O–H groups in total. The molecule has 0 saturated carbocycles. The van der Waals surface area contributed by atoms with Gasteiger partial charge in [0.05, 0.1) is 17.7 Å². The van der Waals surface area contributed by atoms with Crippen molar-refractivity contribution >= 4 is 39.3 Å². The number of anilines is 1. The van der Waals surface area contributed by atoms with Crippen LogP contribution >= 0.6 is 11.8 Å². The zero-order chi connectivity index (χ0) is 16.8. The summed E-state index contributed by atoms with van der Waals surface area (Å²) in [5, 5.41) is 11.1. The second-order valence-corrected chi connectivity index (χ2v) is 7.46. The number of aryl methyl sites for hydroxylation is 1. The van der Waals surface area contributed by atoms with E-state index in [9.17, 15) is 18.0 Å². The summed E-state index contributed by atoms with van der Waals surface area (Å²) < 4.78 is 24.9. The van der Waals surface area contributed by atoms with Gasteiger partial charge in [0, 0.05) is 17.9 Å². The molecule has 0 fully saturated rings. The molecule has 0 aliphatic carbocycles. The van der Waals surface area contributed by atoms with E-state index >= 15 is 0 Å². The van der Waals surface area contributed by atoms with E-state index in [1.807, 2.05) is 0 Å². The van der Waals surface area contributed by atoms with E-state index < -0.39 is 16.0 Å². The third kappa shape index (κ3) is 6.81. The second kappa shape index (κ2) is 8.04. The number of carbonyl (C=O) groups is 2. The van der Waals surface area contributed by atoms with Crippen LogP contribution in [-0.4, -0.2) is 49.7 Å².